The standard InChI is InChI=1S/C26H27ClN2O2/c1-19-8-10-22(11-9-19)18-29(25(30)17-21-12-14-23(27)15-13-21)24(26(31)28-2)16-20-6-4-3-5-7-20/h3-15,24H,16-18H2,1-2H3,(H,28,31)/t24-/m1/s1. The molecule has 0 unspecified atom stereocenters. The Kier molecular flexibility index (Phi) is 7.85. The van der Waals surface area contributed by atoms with Crippen molar-refractivity contribution in [2.75, 3.05) is 7.05 Å². The molecule has 5 heteroatoms. The molecule has 0 saturated carbocycles. The summed E-state index contributed by atoms with van der Waals surface area (Å²) in [5.74, 6) is -0.284. The van der Waals surface area contributed by atoms with Crippen molar-refractivity contribution >= 4 is 23.4 Å². The lowest BCUT2D eigenvalue weighted by atomic mass is 10.0. The van der Waals surface area contributed by atoms with Gasteiger partial charge in [-0.2, -0.15) is 0 Å². The predicted molar refractivity (Wildman–Crippen MR) is 125 cm³/mol. The number of nitrogens with zero attached hydrogens (tertiary/aromatic N) is 1. The second kappa shape index (κ2) is 10.8. The van der Waals surface area contributed by atoms with Crippen LogP contribution in [0.25, 0.3) is 0 Å². The fourth-order valence-corrected chi connectivity index (χ4v) is 3.62. The number of carbonyl (C=O) groups excluding carboxylic acids is 2. The van der Waals surface area contributed by atoms with Crippen molar-refractivity contribution in [3.05, 3.63) is 106 Å². The Labute approximate surface area is 188 Å². The molecule has 2 amide bonds. The van der Waals surface area contributed by atoms with Crippen molar-refractivity contribution in [2.24, 2.45) is 0 Å². The molecule has 0 fully saturated rings. The van der Waals surface area contributed by atoms with E-state index in [2.05, 4.69) is 5.32 Å². The Morgan fingerprint density at radius 2 is 1.48 bits per heavy atom. The number of likely N-dealkylation sites (N-methyl/N-ethyl adjacent to an activating group) is 1. The molecule has 0 saturated heterocycles. The second-order valence-electron chi connectivity index (χ2n) is 7.63. The number of rotatable bonds is 8. The minimum Gasteiger partial charge on any atom is -0.357 e. The average Bonchev–Trinajstić information content (AvgIpc) is 2.79. The summed E-state index contributed by atoms with van der Waals surface area (Å²) in [6.07, 6.45) is 0.643. The van der Waals surface area contributed by atoms with E-state index < -0.39 is 6.04 Å². The normalized spacial score (nSPS) is 11.6. The number of aryl methyl sites for hydroxylation is 1. The highest BCUT2D eigenvalue weighted by molar-refractivity contribution is 6.30. The van der Waals surface area contributed by atoms with E-state index in [0.717, 1.165) is 22.3 Å². The molecule has 0 aliphatic heterocycles. The predicted octanol–water partition coefficient (Wildman–Crippen LogP) is 4.58. The van der Waals surface area contributed by atoms with Gasteiger partial charge >= 0.3 is 0 Å². The zero-order valence-corrected chi connectivity index (χ0v) is 18.6. The Morgan fingerprint density at radius 3 is 2.10 bits per heavy atom. The highest BCUT2D eigenvalue weighted by Gasteiger charge is 2.29. The van der Waals surface area contributed by atoms with Crippen LogP contribution in [0.3, 0.4) is 0 Å². The molecule has 3 aromatic rings. The van der Waals surface area contributed by atoms with Crippen molar-refractivity contribution < 1.29 is 9.59 Å². The van der Waals surface area contributed by atoms with Crippen LogP contribution in [0, 0.1) is 6.92 Å². The fourth-order valence-electron chi connectivity index (χ4n) is 3.49. The Morgan fingerprint density at radius 1 is 0.871 bits per heavy atom. The lowest BCUT2D eigenvalue weighted by Crippen LogP contribution is -2.50. The van der Waals surface area contributed by atoms with Crippen LogP contribution in [-0.2, 0) is 29.0 Å². The van der Waals surface area contributed by atoms with Crippen LogP contribution >= 0.6 is 11.6 Å². The van der Waals surface area contributed by atoms with Crippen LogP contribution < -0.4 is 5.32 Å². The zero-order chi connectivity index (χ0) is 22.2. The topological polar surface area (TPSA) is 49.4 Å². The van der Waals surface area contributed by atoms with Gasteiger partial charge in [0, 0.05) is 25.0 Å². The van der Waals surface area contributed by atoms with Gasteiger partial charge in [0.1, 0.15) is 6.04 Å². The van der Waals surface area contributed by atoms with Gasteiger partial charge in [0.25, 0.3) is 0 Å². The largest absolute Gasteiger partial charge is 0.357 e. The van der Waals surface area contributed by atoms with Gasteiger partial charge in [-0.25, -0.2) is 0 Å². The van der Waals surface area contributed by atoms with Gasteiger partial charge in [0.05, 0.1) is 6.42 Å². The highest BCUT2D eigenvalue weighted by atomic mass is 35.5. The molecule has 160 valence electrons. The van der Waals surface area contributed by atoms with E-state index in [0.29, 0.717) is 18.0 Å². The summed E-state index contributed by atoms with van der Waals surface area (Å²) in [5.41, 5.74) is 4.00. The maximum Gasteiger partial charge on any atom is 0.242 e. The first-order chi connectivity index (χ1) is 15.0. The molecule has 0 radical (unpaired) electrons. The molecular weight excluding hydrogens is 408 g/mol. The average molecular weight is 435 g/mol. The lowest BCUT2D eigenvalue weighted by Gasteiger charge is -2.31. The van der Waals surface area contributed by atoms with Crippen molar-refractivity contribution in [1.29, 1.82) is 0 Å². The molecule has 4 nitrogen and oxygen atoms in total. The van der Waals surface area contributed by atoms with Crippen molar-refractivity contribution in [3.8, 4) is 0 Å². The summed E-state index contributed by atoms with van der Waals surface area (Å²) >= 11 is 5.98. The molecule has 31 heavy (non-hydrogen) atoms. The molecule has 0 bridgehead atoms. The van der Waals surface area contributed by atoms with Crippen molar-refractivity contribution in [2.45, 2.75) is 32.4 Å². The molecular formula is C26H27ClN2O2. The smallest absolute Gasteiger partial charge is 0.242 e. The third kappa shape index (κ3) is 6.43. The van der Waals surface area contributed by atoms with Gasteiger partial charge in [-0.1, -0.05) is 83.9 Å². The molecule has 0 aliphatic rings. The quantitative estimate of drug-likeness (QED) is 0.564. The molecule has 0 spiro atoms. The SMILES string of the molecule is CNC(=O)[C@@H](Cc1ccccc1)N(Cc1ccc(C)cc1)C(=O)Cc1ccc(Cl)cc1. The van der Waals surface area contributed by atoms with Gasteiger partial charge in [0.15, 0.2) is 0 Å². The van der Waals surface area contributed by atoms with E-state index in [1.165, 1.54) is 0 Å². The van der Waals surface area contributed by atoms with E-state index in [1.54, 1.807) is 24.1 Å². The fraction of sp³-hybridized carbons (Fsp3) is 0.231. The molecule has 3 rings (SSSR count). The van der Waals surface area contributed by atoms with E-state index in [-0.39, 0.29) is 18.2 Å². The van der Waals surface area contributed by atoms with Crippen LogP contribution in [0.2, 0.25) is 5.02 Å². The monoisotopic (exact) mass is 434 g/mol. The number of halogens is 1. The summed E-state index contributed by atoms with van der Waals surface area (Å²) in [7, 11) is 1.61. The van der Waals surface area contributed by atoms with E-state index in [9.17, 15) is 9.59 Å². The first-order valence-electron chi connectivity index (χ1n) is 10.3. The maximum atomic E-state index is 13.4. The minimum absolute atomic E-state index is 0.104. The highest BCUT2D eigenvalue weighted by Crippen LogP contribution is 2.18. The number of benzene rings is 3. The summed E-state index contributed by atoms with van der Waals surface area (Å²) in [5, 5.41) is 3.36. The molecule has 1 atom stereocenters. The van der Waals surface area contributed by atoms with E-state index in [4.69, 9.17) is 11.6 Å². The van der Waals surface area contributed by atoms with Gasteiger partial charge < -0.3 is 10.2 Å². The molecule has 3 aromatic carbocycles. The van der Waals surface area contributed by atoms with Crippen molar-refractivity contribution in [1.82, 2.24) is 10.2 Å². The molecule has 0 aromatic heterocycles. The summed E-state index contributed by atoms with van der Waals surface area (Å²) < 4.78 is 0. The first-order valence-corrected chi connectivity index (χ1v) is 10.7. The number of hydrogen-bond donors (Lipinski definition) is 1. The third-order valence-electron chi connectivity index (χ3n) is 5.26. The minimum atomic E-state index is -0.617. The molecule has 0 heterocycles. The number of nitrogens with one attached hydrogen (secondary N) is 1. The second-order valence-corrected chi connectivity index (χ2v) is 8.07. The van der Waals surface area contributed by atoms with Gasteiger partial charge in [-0.3, -0.25) is 9.59 Å². The first kappa shape index (κ1) is 22.6. The zero-order valence-electron chi connectivity index (χ0n) is 17.8. The van der Waals surface area contributed by atoms with Crippen LogP contribution in [0.15, 0.2) is 78.9 Å². The van der Waals surface area contributed by atoms with Crippen molar-refractivity contribution in [3.63, 3.8) is 0 Å². The number of amides is 2. The Bertz CT molecular complexity index is 1000. The summed E-state index contributed by atoms with van der Waals surface area (Å²) in [4.78, 5) is 28.0. The summed E-state index contributed by atoms with van der Waals surface area (Å²) in [6.45, 7) is 2.38. The van der Waals surface area contributed by atoms with Crippen LogP contribution in [0.5, 0.6) is 0 Å². The number of hydrogen-bond acceptors (Lipinski definition) is 2. The third-order valence-corrected chi connectivity index (χ3v) is 5.51. The van der Waals surface area contributed by atoms with Crippen LogP contribution in [0.1, 0.15) is 22.3 Å². The number of carbonyl (C=O) groups is 2. The Balaban J connectivity index is 1.92. The van der Waals surface area contributed by atoms with Crippen LogP contribution in [-0.4, -0.2) is 29.8 Å². The Hall–Kier alpha value is -3.11. The van der Waals surface area contributed by atoms with Gasteiger partial charge in [-0.05, 0) is 35.7 Å². The lowest BCUT2D eigenvalue weighted by molar-refractivity contribution is -0.140. The van der Waals surface area contributed by atoms with Gasteiger partial charge in [-0.15, -0.1) is 0 Å². The molecule has 0 aliphatic carbocycles. The summed E-state index contributed by atoms with van der Waals surface area (Å²) in [6, 6.07) is 24.4. The molecule has 1 N–H and O–H groups in total. The van der Waals surface area contributed by atoms with Crippen LogP contribution in [0.4, 0.5) is 0 Å². The maximum absolute atomic E-state index is 13.4. The van der Waals surface area contributed by atoms with E-state index in [1.807, 2.05) is 73.7 Å². The van der Waals surface area contributed by atoms with Gasteiger partial charge in [0.2, 0.25) is 11.8 Å². The van der Waals surface area contributed by atoms with E-state index >= 15 is 0 Å².